The third kappa shape index (κ3) is 10.2. The molecule has 11 heavy (non-hydrogen) atoms. The first-order chi connectivity index (χ1) is 4.45. The summed E-state index contributed by atoms with van der Waals surface area (Å²) in [5.41, 5.74) is 0.411. The monoisotopic (exact) mass is 180 g/mol. The first-order valence-corrected chi connectivity index (χ1v) is 4.06. The van der Waals surface area contributed by atoms with Crippen molar-refractivity contribution in [3.63, 3.8) is 0 Å². The fourth-order valence-corrected chi connectivity index (χ4v) is 1.37. The summed E-state index contributed by atoms with van der Waals surface area (Å²) in [6.45, 7) is 9.24. The summed E-state index contributed by atoms with van der Waals surface area (Å²) in [6, 6.07) is 0. The van der Waals surface area contributed by atoms with Crippen LogP contribution < -0.4 is 0 Å². The quantitative estimate of drug-likeness (QED) is 0.709. The number of hydrogen-bond donors (Lipinski definition) is 1. The molecule has 70 valence electrons. The van der Waals surface area contributed by atoms with Crippen LogP contribution in [0.25, 0.3) is 0 Å². The highest BCUT2D eigenvalue weighted by Crippen LogP contribution is 2.25. The molecule has 1 nitrogen and oxygen atoms in total. The number of aliphatic hydroxyl groups excluding tert-OH is 1. The van der Waals surface area contributed by atoms with Gasteiger partial charge in [0.05, 0.1) is 0 Å². The SMILES string of the molecule is CC(CCO)CC(C)(C)C.Cl. The lowest BCUT2D eigenvalue weighted by atomic mass is 9.84. The molecule has 0 spiro atoms. The minimum Gasteiger partial charge on any atom is -0.396 e. The van der Waals surface area contributed by atoms with Crippen LogP contribution in [0, 0.1) is 11.3 Å². The molecule has 0 aliphatic carbocycles. The van der Waals surface area contributed by atoms with Crippen molar-refractivity contribution in [2.75, 3.05) is 6.61 Å². The Labute approximate surface area is 76.6 Å². The van der Waals surface area contributed by atoms with Gasteiger partial charge >= 0.3 is 0 Å². The van der Waals surface area contributed by atoms with E-state index < -0.39 is 0 Å². The molecule has 1 N–H and O–H groups in total. The summed E-state index contributed by atoms with van der Waals surface area (Å²) in [5, 5.41) is 8.63. The fourth-order valence-electron chi connectivity index (χ4n) is 1.37. The van der Waals surface area contributed by atoms with Crippen molar-refractivity contribution in [3.8, 4) is 0 Å². The highest BCUT2D eigenvalue weighted by atomic mass is 35.5. The van der Waals surface area contributed by atoms with Crippen molar-refractivity contribution < 1.29 is 5.11 Å². The van der Waals surface area contributed by atoms with E-state index in [9.17, 15) is 0 Å². The van der Waals surface area contributed by atoms with E-state index in [0.717, 1.165) is 6.42 Å². The van der Waals surface area contributed by atoms with Gasteiger partial charge < -0.3 is 5.11 Å². The lowest BCUT2D eigenvalue weighted by Crippen LogP contribution is -2.11. The van der Waals surface area contributed by atoms with E-state index in [1.807, 2.05) is 0 Å². The molecular weight excluding hydrogens is 160 g/mol. The van der Waals surface area contributed by atoms with Crippen LogP contribution >= 0.6 is 12.4 Å². The van der Waals surface area contributed by atoms with Crippen molar-refractivity contribution in [1.82, 2.24) is 0 Å². The van der Waals surface area contributed by atoms with Crippen LogP contribution in [0.15, 0.2) is 0 Å². The average molecular weight is 181 g/mol. The van der Waals surface area contributed by atoms with Gasteiger partial charge in [0.2, 0.25) is 0 Å². The van der Waals surface area contributed by atoms with Gasteiger partial charge in [0.1, 0.15) is 0 Å². The molecule has 0 fully saturated rings. The largest absolute Gasteiger partial charge is 0.396 e. The maximum Gasteiger partial charge on any atom is 0.0433 e. The van der Waals surface area contributed by atoms with Gasteiger partial charge in [-0.2, -0.15) is 0 Å². The molecule has 0 saturated heterocycles. The molecule has 0 heterocycles. The van der Waals surface area contributed by atoms with Crippen molar-refractivity contribution >= 4 is 12.4 Å². The van der Waals surface area contributed by atoms with Crippen molar-refractivity contribution in [2.45, 2.75) is 40.5 Å². The number of hydrogen-bond acceptors (Lipinski definition) is 1. The van der Waals surface area contributed by atoms with E-state index >= 15 is 0 Å². The van der Waals surface area contributed by atoms with Crippen LogP contribution in [0.5, 0.6) is 0 Å². The molecule has 0 aromatic carbocycles. The Balaban J connectivity index is 0. The highest BCUT2D eigenvalue weighted by Gasteiger charge is 2.14. The van der Waals surface area contributed by atoms with Crippen molar-refractivity contribution in [3.05, 3.63) is 0 Å². The van der Waals surface area contributed by atoms with Gasteiger partial charge in [-0.3, -0.25) is 0 Å². The molecule has 0 aromatic rings. The predicted molar refractivity (Wildman–Crippen MR) is 52.2 cm³/mol. The molecule has 0 aliphatic rings. The summed E-state index contributed by atoms with van der Waals surface area (Å²) >= 11 is 0. The molecule has 2 heteroatoms. The summed E-state index contributed by atoms with van der Waals surface area (Å²) in [4.78, 5) is 0. The number of halogens is 1. The summed E-state index contributed by atoms with van der Waals surface area (Å²) in [5.74, 6) is 0.657. The molecule has 0 radical (unpaired) electrons. The van der Waals surface area contributed by atoms with Crippen LogP contribution in [0.2, 0.25) is 0 Å². The van der Waals surface area contributed by atoms with Gasteiger partial charge in [-0.15, -0.1) is 12.4 Å². The van der Waals surface area contributed by atoms with Crippen LogP contribution in [-0.2, 0) is 0 Å². The summed E-state index contributed by atoms with van der Waals surface area (Å²) < 4.78 is 0. The van der Waals surface area contributed by atoms with Gasteiger partial charge in [0, 0.05) is 6.61 Å². The minimum atomic E-state index is 0. The highest BCUT2D eigenvalue weighted by molar-refractivity contribution is 5.85. The fraction of sp³-hybridized carbons (Fsp3) is 1.00. The standard InChI is InChI=1S/C9H20O.ClH/c1-8(5-6-10)7-9(2,3)4;/h8,10H,5-7H2,1-4H3;1H. The molecule has 1 atom stereocenters. The maximum atomic E-state index is 8.63. The smallest absolute Gasteiger partial charge is 0.0433 e. The Morgan fingerprint density at radius 1 is 1.27 bits per heavy atom. The topological polar surface area (TPSA) is 20.2 Å². The van der Waals surface area contributed by atoms with E-state index in [4.69, 9.17) is 5.11 Å². The lowest BCUT2D eigenvalue weighted by molar-refractivity contribution is 0.227. The minimum absolute atomic E-state index is 0. The van der Waals surface area contributed by atoms with E-state index in [-0.39, 0.29) is 12.4 Å². The van der Waals surface area contributed by atoms with Crippen molar-refractivity contribution in [2.24, 2.45) is 11.3 Å². The van der Waals surface area contributed by atoms with Gasteiger partial charge in [0.25, 0.3) is 0 Å². The molecule has 0 amide bonds. The zero-order chi connectivity index (χ0) is 8.20. The molecular formula is C9H21ClO. The number of rotatable bonds is 3. The van der Waals surface area contributed by atoms with E-state index in [1.165, 1.54) is 6.42 Å². The Morgan fingerprint density at radius 3 is 2.00 bits per heavy atom. The Kier molecular flexibility index (Phi) is 7.34. The Bertz CT molecular complexity index is 86.1. The Hall–Kier alpha value is 0.250. The van der Waals surface area contributed by atoms with Crippen LogP contribution in [0.3, 0.4) is 0 Å². The second kappa shape index (κ2) is 5.84. The third-order valence-corrected chi connectivity index (χ3v) is 1.58. The van der Waals surface area contributed by atoms with Crippen LogP contribution in [0.1, 0.15) is 40.5 Å². The predicted octanol–water partition coefficient (Wildman–Crippen LogP) is 2.86. The van der Waals surface area contributed by atoms with E-state index in [0.29, 0.717) is 17.9 Å². The van der Waals surface area contributed by atoms with Crippen LogP contribution in [-0.4, -0.2) is 11.7 Å². The zero-order valence-electron chi connectivity index (χ0n) is 8.05. The molecule has 0 aromatic heterocycles. The second-order valence-corrected chi connectivity index (χ2v) is 4.38. The van der Waals surface area contributed by atoms with Gasteiger partial charge in [0.15, 0.2) is 0 Å². The molecule has 1 unspecified atom stereocenters. The first kappa shape index (κ1) is 13.8. The molecule has 0 aliphatic heterocycles. The first-order valence-electron chi connectivity index (χ1n) is 4.06. The van der Waals surface area contributed by atoms with Crippen molar-refractivity contribution in [1.29, 1.82) is 0 Å². The summed E-state index contributed by atoms with van der Waals surface area (Å²) in [6.07, 6.45) is 2.14. The van der Waals surface area contributed by atoms with E-state index in [2.05, 4.69) is 27.7 Å². The molecule has 0 saturated carbocycles. The van der Waals surface area contributed by atoms with Gasteiger partial charge in [-0.05, 0) is 24.2 Å². The van der Waals surface area contributed by atoms with Gasteiger partial charge in [-0.25, -0.2) is 0 Å². The molecule has 0 bridgehead atoms. The average Bonchev–Trinajstić information content (AvgIpc) is 1.59. The Morgan fingerprint density at radius 2 is 1.73 bits per heavy atom. The summed E-state index contributed by atoms with van der Waals surface area (Å²) in [7, 11) is 0. The number of aliphatic hydroxyl groups is 1. The maximum absolute atomic E-state index is 8.63. The normalized spacial score (nSPS) is 13.9. The molecule has 0 rings (SSSR count). The zero-order valence-corrected chi connectivity index (χ0v) is 8.87. The van der Waals surface area contributed by atoms with E-state index in [1.54, 1.807) is 0 Å². The van der Waals surface area contributed by atoms with Crippen LogP contribution in [0.4, 0.5) is 0 Å². The van der Waals surface area contributed by atoms with Gasteiger partial charge in [-0.1, -0.05) is 27.7 Å². The third-order valence-electron chi connectivity index (χ3n) is 1.58. The lowest BCUT2D eigenvalue weighted by Gasteiger charge is -2.22. The second-order valence-electron chi connectivity index (χ2n) is 4.38.